The van der Waals surface area contributed by atoms with Gasteiger partial charge in [-0.15, -0.1) is 12.4 Å². The van der Waals surface area contributed by atoms with E-state index in [1.54, 1.807) is 6.20 Å². The first-order valence-corrected chi connectivity index (χ1v) is 6.69. The summed E-state index contributed by atoms with van der Waals surface area (Å²) >= 11 is 0. The molecule has 0 aromatic carbocycles. The van der Waals surface area contributed by atoms with Crippen LogP contribution in [0.5, 0.6) is 0 Å². The Morgan fingerprint density at radius 3 is 3.33 bits per heavy atom. The molecule has 114 valence electrons. The van der Waals surface area contributed by atoms with E-state index in [0.29, 0.717) is 32.0 Å². The highest BCUT2D eigenvalue weighted by molar-refractivity contribution is 5.85. The Kier molecular flexibility index (Phi) is 5.49. The maximum absolute atomic E-state index is 12.1. The number of ether oxygens (including phenoxy) is 1. The van der Waals surface area contributed by atoms with Crippen molar-refractivity contribution in [2.24, 2.45) is 5.92 Å². The Morgan fingerprint density at radius 2 is 2.43 bits per heavy atom. The molecular formula is C13H18ClN5O2. The zero-order valence-electron chi connectivity index (χ0n) is 11.5. The Balaban J connectivity index is 0.00000161. The first-order valence-electron chi connectivity index (χ1n) is 6.69. The summed E-state index contributed by atoms with van der Waals surface area (Å²) < 4.78 is 5.38. The van der Waals surface area contributed by atoms with E-state index in [9.17, 15) is 4.79 Å². The van der Waals surface area contributed by atoms with Gasteiger partial charge in [0.2, 0.25) is 5.91 Å². The number of halogens is 1. The van der Waals surface area contributed by atoms with Gasteiger partial charge in [-0.1, -0.05) is 0 Å². The van der Waals surface area contributed by atoms with E-state index >= 15 is 0 Å². The van der Waals surface area contributed by atoms with Gasteiger partial charge in [-0.3, -0.25) is 9.89 Å². The van der Waals surface area contributed by atoms with Crippen molar-refractivity contribution in [2.45, 2.75) is 6.54 Å². The summed E-state index contributed by atoms with van der Waals surface area (Å²) in [6, 6.07) is 3.79. The fraction of sp³-hybridized carbons (Fsp3) is 0.462. The zero-order chi connectivity index (χ0) is 13.8. The molecule has 7 nitrogen and oxygen atoms in total. The summed E-state index contributed by atoms with van der Waals surface area (Å²) in [6.45, 7) is 2.97. The van der Waals surface area contributed by atoms with E-state index in [0.717, 1.165) is 17.6 Å². The lowest BCUT2D eigenvalue weighted by atomic mass is 10.1. The highest BCUT2D eigenvalue weighted by Gasteiger charge is 2.20. The molecule has 1 unspecified atom stereocenters. The lowest BCUT2D eigenvalue weighted by molar-refractivity contribution is -0.126. The van der Waals surface area contributed by atoms with E-state index in [1.165, 1.54) is 0 Å². The molecule has 1 amide bonds. The molecule has 8 heteroatoms. The smallest absolute Gasteiger partial charge is 0.227 e. The second-order valence-corrected chi connectivity index (χ2v) is 4.77. The standard InChI is InChI=1S/C13H17N5O2.ClH/c19-13(9-6-14-4-5-20-8-9)16-7-11-10-2-1-3-15-12(10)18-17-11;/h1-3,9,14H,4-8H2,(H,16,19)(H,15,17,18);1H. The van der Waals surface area contributed by atoms with Crippen molar-refractivity contribution in [1.29, 1.82) is 0 Å². The topological polar surface area (TPSA) is 91.9 Å². The van der Waals surface area contributed by atoms with Crippen LogP contribution in [-0.2, 0) is 16.1 Å². The van der Waals surface area contributed by atoms with Gasteiger partial charge in [0, 0.05) is 24.7 Å². The number of hydrogen-bond acceptors (Lipinski definition) is 5. The fourth-order valence-electron chi connectivity index (χ4n) is 2.23. The van der Waals surface area contributed by atoms with Gasteiger partial charge in [-0.2, -0.15) is 5.10 Å². The Morgan fingerprint density at radius 1 is 1.52 bits per heavy atom. The first-order chi connectivity index (χ1) is 9.84. The molecule has 0 radical (unpaired) electrons. The van der Waals surface area contributed by atoms with Crippen LogP contribution in [0.15, 0.2) is 18.3 Å². The summed E-state index contributed by atoms with van der Waals surface area (Å²) in [4.78, 5) is 16.2. The summed E-state index contributed by atoms with van der Waals surface area (Å²) in [5.74, 6) is -0.157. The van der Waals surface area contributed by atoms with E-state index < -0.39 is 0 Å². The number of amides is 1. The van der Waals surface area contributed by atoms with Crippen LogP contribution in [0.4, 0.5) is 0 Å². The molecule has 3 rings (SSSR count). The number of pyridine rings is 1. The normalized spacial score (nSPS) is 18.8. The number of carbonyl (C=O) groups is 1. The third kappa shape index (κ3) is 3.69. The third-order valence-corrected chi connectivity index (χ3v) is 3.35. The molecule has 21 heavy (non-hydrogen) atoms. The van der Waals surface area contributed by atoms with Crippen LogP contribution in [0.1, 0.15) is 5.69 Å². The lowest BCUT2D eigenvalue weighted by Crippen LogP contribution is -2.37. The summed E-state index contributed by atoms with van der Waals surface area (Å²) in [7, 11) is 0. The van der Waals surface area contributed by atoms with Gasteiger partial charge >= 0.3 is 0 Å². The van der Waals surface area contributed by atoms with Gasteiger partial charge in [-0.25, -0.2) is 4.98 Å². The predicted molar refractivity (Wildman–Crippen MR) is 80.2 cm³/mol. The van der Waals surface area contributed by atoms with Crippen LogP contribution in [0, 0.1) is 5.92 Å². The molecule has 3 N–H and O–H groups in total. The number of rotatable bonds is 3. The average molecular weight is 312 g/mol. The van der Waals surface area contributed by atoms with Crippen LogP contribution < -0.4 is 10.6 Å². The quantitative estimate of drug-likeness (QED) is 0.755. The van der Waals surface area contributed by atoms with Crippen molar-refractivity contribution in [3.63, 3.8) is 0 Å². The van der Waals surface area contributed by atoms with Crippen LogP contribution in [-0.4, -0.2) is 47.4 Å². The molecule has 0 saturated carbocycles. The number of fused-ring (bicyclic) bond motifs is 1. The molecule has 0 bridgehead atoms. The van der Waals surface area contributed by atoms with Crippen LogP contribution in [0.2, 0.25) is 0 Å². The van der Waals surface area contributed by atoms with Gasteiger partial charge in [0.1, 0.15) is 0 Å². The fourth-order valence-corrected chi connectivity index (χ4v) is 2.23. The lowest BCUT2D eigenvalue weighted by Gasteiger charge is -2.13. The van der Waals surface area contributed by atoms with E-state index in [-0.39, 0.29) is 24.2 Å². The van der Waals surface area contributed by atoms with E-state index in [2.05, 4.69) is 25.8 Å². The molecule has 0 spiro atoms. The van der Waals surface area contributed by atoms with Crippen LogP contribution in [0.3, 0.4) is 0 Å². The Bertz CT molecular complexity index is 595. The largest absolute Gasteiger partial charge is 0.379 e. The average Bonchev–Trinajstić information content (AvgIpc) is 2.70. The second-order valence-electron chi connectivity index (χ2n) is 4.77. The van der Waals surface area contributed by atoms with Crippen molar-refractivity contribution in [2.75, 3.05) is 26.3 Å². The van der Waals surface area contributed by atoms with Gasteiger partial charge in [0.15, 0.2) is 5.65 Å². The van der Waals surface area contributed by atoms with Gasteiger partial charge in [0.25, 0.3) is 0 Å². The van der Waals surface area contributed by atoms with Gasteiger partial charge < -0.3 is 15.4 Å². The second kappa shape index (κ2) is 7.35. The third-order valence-electron chi connectivity index (χ3n) is 3.35. The maximum atomic E-state index is 12.1. The number of nitrogens with one attached hydrogen (secondary N) is 3. The number of H-pyrrole nitrogens is 1. The number of nitrogens with zero attached hydrogens (tertiary/aromatic N) is 2. The Hall–Kier alpha value is -1.70. The van der Waals surface area contributed by atoms with Crippen molar-refractivity contribution >= 4 is 29.3 Å². The zero-order valence-corrected chi connectivity index (χ0v) is 12.3. The summed E-state index contributed by atoms with van der Waals surface area (Å²) in [5, 5.41) is 14.0. The monoisotopic (exact) mass is 311 g/mol. The molecule has 1 aliphatic heterocycles. The molecular weight excluding hydrogens is 294 g/mol. The molecule has 2 aromatic rings. The van der Waals surface area contributed by atoms with Crippen molar-refractivity contribution in [3.8, 4) is 0 Å². The summed E-state index contributed by atoms with van der Waals surface area (Å²) in [5.41, 5.74) is 1.53. The van der Waals surface area contributed by atoms with Gasteiger partial charge in [-0.05, 0) is 12.1 Å². The first kappa shape index (κ1) is 15.7. The number of aromatic nitrogens is 3. The van der Waals surface area contributed by atoms with E-state index in [4.69, 9.17) is 4.74 Å². The molecule has 1 atom stereocenters. The van der Waals surface area contributed by atoms with Crippen LogP contribution >= 0.6 is 12.4 Å². The molecule has 0 aliphatic carbocycles. The molecule has 2 aromatic heterocycles. The highest BCUT2D eigenvalue weighted by atomic mass is 35.5. The number of carbonyl (C=O) groups excluding carboxylic acids is 1. The Labute approximate surface area is 128 Å². The minimum atomic E-state index is -0.148. The predicted octanol–water partition coefficient (Wildman–Crippen LogP) is 0.232. The van der Waals surface area contributed by atoms with Crippen LogP contribution in [0.25, 0.3) is 11.0 Å². The molecule has 1 aliphatic rings. The number of aromatic amines is 1. The highest BCUT2D eigenvalue weighted by Crippen LogP contribution is 2.12. The van der Waals surface area contributed by atoms with Crippen molar-refractivity contribution < 1.29 is 9.53 Å². The molecule has 1 saturated heterocycles. The van der Waals surface area contributed by atoms with Crippen molar-refractivity contribution in [3.05, 3.63) is 24.0 Å². The van der Waals surface area contributed by atoms with Gasteiger partial charge in [0.05, 0.1) is 31.4 Å². The van der Waals surface area contributed by atoms with E-state index in [1.807, 2.05) is 12.1 Å². The number of hydrogen-bond donors (Lipinski definition) is 3. The minimum Gasteiger partial charge on any atom is -0.379 e. The SMILES string of the molecule is Cl.O=C(NCc1[nH]nc2ncccc12)C1CNCCOC1. The van der Waals surface area contributed by atoms with Crippen molar-refractivity contribution in [1.82, 2.24) is 25.8 Å². The maximum Gasteiger partial charge on any atom is 0.227 e. The molecule has 3 heterocycles. The molecule has 1 fully saturated rings. The minimum absolute atomic E-state index is 0. The summed E-state index contributed by atoms with van der Waals surface area (Å²) in [6.07, 6.45) is 1.69.